The predicted octanol–water partition coefficient (Wildman–Crippen LogP) is 3.50. The Morgan fingerprint density at radius 1 is 1.20 bits per heavy atom. The second-order valence-corrected chi connectivity index (χ2v) is 6.86. The van der Waals surface area contributed by atoms with Gasteiger partial charge in [0.25, 0.3) is 0 Å². The number of ether oxygens (including phenoxy) is 1. The fraction of sp³-hybridized carbons (Fsp3) is 1.00. The first kappa shape index (κ1) is 17.9. The molecule has 0 amide bonds. The van der Waals surface area contributed by atoms with Gasteiger partial charge in [-0.3, -0.25) is 0 Å². The van der Waals surface area contributed by atoms with Gasteiger partial charge in [0.1, 0.15) is 0 Å². The fourth-order valence-electron chi connectivity index (χ4n) is 2.94. The van der Waals surface area contributed by atoms with E-state index in [1.165, 1.54) is 38.5 Å². The molecule has 1 saturated carbocycles. The van der Waals surface area contributed by atoms with Gasteiger partial charge in [-0.1, -0.05) is 46.5 Å². The number of nitrogens with one attached hydrogen (secondary N) is 1. The van der Waals surface area contributed by atoms with Gasteiger partial charge in [0.05, 0.1) is 24.9 Å². The summed E-state index contributed by atoms with van der Waals surface area (Å²) in [6.45, 7) is 9.50. The molecule has 0 aromatic rings. The lowest BCUT2D eigenvalue weighted by Gasteiger charge is -2.36. The second kappa shape index (κ2) is 9.01. The number of aliphatic hydroxyl groups excluding tert-OH is 1. The summed E-state index contributed by atoms with van der Waals surface area (Å²) in [7, 11) is 0. The van der Waals surface area contributed by atoms with E-state index in [4.69, 9.17) is 4.74 Å². The Morgan fingerprint density at radius 2 is 1.90 bits per heavy atom. The van der Waals surface area contributed by atoms with Gasteiger partial charge in [0.15, 0.2) is 0 Å². The minimum absolute atomic E-state index is 0.179. The van der Waals surface area contributed by atoms with Crippen LogP contribution in [0.5, 0.6) is 0 Å². The molecule has 0 aromatic heterocycles. The third kappa shape index (κ3) is 6.11. The maximum absolute atomic E-state index is 9.85. The van der Waals surface area contributed by atoms with Crippen molar-refractivity contribution in [2.45, 2.75) is 90.3 Å². The molecule has 120 valence electrons. The lowest BCUT2D eigenvalue weighted by Crippen LogP contribution is -2.57. The second-order valence-electron chi connectivity index (χ2n) is 6.86. The van der Waals surface area contributed by atoms with Crippen molar-refractivity contribution in [1.82, 2.24) is 5.32 Å². The summed E-state index contributed by atoms with van der Waals surface area (Å²) >= 11 is 0. The molecule has 0 aliphatic heterocycles. The highest BCUT2D eigenvalue weighted by Gasteiger charge is 2.45. The van der Waals surface area contributed by atoms with Crippen LogP contribution in [0.3, 0.4) is 0 Å². The number of hydrogen-bond donors (Lipinski definition) is 2. The molecule has 3 nitrogen and oxygen atoms in total. The first-order valence-electron chi connectivity index (χ1n) is 8.54. The molecule has 0 heterocycles. The number of rotatable bonds is 12. The molecule has 1 aliphatic carbocycles. The van der Waals surface area contributed by atoms with Gasteiger partial charge in [0.2, 0.25) is 0 Å². The lowest BCUT2D eigenvalue weighted by atomic mass is 9.94. The van der Waals surface area contributed by atoms with Gasteiger partial charge >= 0.3 is 0 Å². The Hall–Kier alpha value is -0.120. The van der Waals surface area contributed by atoms with Crippen molar-refractivity contribution in [3.8, 4) is 0 Å². The third-order valence-corrected chi connectivity index (χ3v) is 4.31. The van der Waals surface area contributed by atoms with Crippen molar-refractivity contribution in [3.63, 3.8) is 0 Å². The summed E-state index contributed by atoms with van der Waals surface area (Å²) in [6.07, 6.45) is 9.03. The average Bonchev–Trinajstić information content (AvgIpc) is 3.24. The zero-order valence-electron chi connectivity index (χ0n) is 14.0. The van der Waals surface area contributed by atoms with E-state index in [9.17, 15) is 5.11 Å². The summed E-state index contributed by atoms with van der Waals surface area (Å²) in [5.74, 6) is 0.585. The third-order valence-electron chi connectivity index (χ3n) is 4.31. The van der Waals surface area contributed by atoms with E-state index in [0.29, 0.717) is 24.7 Å². The van der Waals surface area contributed by atoms with Crippen molar-refractivity contribution in [2.24, 2.45) is 5.92 Å². The van der Waals surface area contributed by atoms with Crippen LogP contribution in [0.15, 0.2) is 0 Å². The predicted molar refractivity (Wildman–Crippen MR) is 85.0 cm³/mol. The van der Waals surface area contributed by atoms with E-state index in [0.717, 1.165) is 6.42 Å². The quantitative estimate of drug-likeness (QED) is 0.539. The highest BCUT2D eigenvalue weighted by molar-refractivity contribution is 5.01. The number of unbranched alkanes of at least 4 members (excludes halogenated alkanes) is 3. The van der Waals surface area contributed by atoms with Gasteiger partial charge in [-0.2, -0.15) is 0 Å². The molecule has 3 heteroatoms. The maximum atomic E-state index is 9.85. The molecule has 2 unspecified atom stereocenters. The van der Waals surface area contributed by atoms with Crippen molar-refractivity contribution < 1.29 is 9.84 Å². The van der Waals surface area contributed by atoms with E-state index >= 15 is 0 Å². The first-order chi connectivity index (χ1) is 9.54. The molecule has 0 spiro atoms. The van der Waals surface area contributed by atoms with Crippen LogP contribution >= 0.6 is 0 Å². The topological polar surface area (TPSA) is 41.5 Å². The maximum Gasteiger partial charge on any atom is 0.0681 e. The van der Waals surface area contributed by atoms with Crippen LogP contribution in [0, 0.1) is 5.92 Å². The molecule has 0 saturated heterocycles. The smallest absolute Gasteiger partial charge is 0.0681 e. The molecule has 0 bridgehead atoms. The molecule has 1 aliphatic rings. The number of hydrogen-bond acceptors (Lipinski definition) is 3. The van der Waals surface area contributed by atoms with Crippen LogP contribution in [0.4, 0.5) is 0 Å². The fourth-order valence-corrected chi connectivity index (χ4v) is 2.94. The molecule has 1 rings (SSSR count). The monoisotopic (exact) mass is 285 g/mol. The molecule has 0 aromatic carbocycles. The van der Waals surface area contributed by atoms with Crippen molar-refractivity contribution >= 4 is 0 Å². The van der Waals surface area contributed by atoms with Gasteiger partial charge in [-0.25, -0.2) is 0 Å². The van der Waals surface area contributed by atoms with E-state index in [-0.39, 0.29) is 12.1 Å². The molecular weight excluding hydrogens is 250 g/mol. The summed E-state index contributed by atoms with van der Waals surface area (Å²) < 4.78 is 6.06. The average molecular weight is 285 g/mol. The van der Waals surface area contributed by atoms with E-state index in [1.54, 1.807) is 0 Å². The number of aliphatic hydroxyl groups is 1. The van der Waals surface area contributed by atoms with Crippen LogP contribution < -0.4 is 5.32 Å². The molecular formula is C17H35NO2. The van der Waals surface area contributed by atoms with Crippen LogP contribution in [-0.4, -0.2) is 36.0 Å². The highest BCUT2D eigenvalue weighted by Crippen LogP contribution is 2.40. The molecule has 20 heavy (non-hydrogen) atoms. The Kier molecular flexibility index (Phi) is 8.08. The molecule has 2 N–H and O–H groups in total. The standard InChI is InChI=1S/C17H35NO2/c1-5-6-7-8-9-15(4)20-13-17(12-19,16-10-11-16)18-14(2)3/h14-16,18-19H,5-13H2,1-4H3. The van der Waals surface area contributed by atoms with Crippen molar-refractivity contribution in [3.05, 3.63) is 0 Å². The van der Waals surface area contributed by atoms with Crippen LogP contribution in [0.25, 0.3) is 0 Å². The highest BCUT2D eigenvalue weighted by atomic mass is 16.5. The molecule has 2 atom stereocenters. The Labute approximate surface area is 125 Å². The van der Waals surface area contributed by atoms with Gasteiger partial charge in [-0.05, 0) is 32.1 Å². The summed E-state index contributed by atoms with van der Waals surface area (Å²) in [6, 6.07) is 0.381. The van der Waals surface area contributed by atoms with E-state index < -0.39 is 0 Å². The first-order valence-corrected chi connectivity index (χ1v) is 8.54. The zero-order valence-corrected chi connectivity index (χ0v) is 14.0. The summed E-state index contributed by atoms with van der Waals surface area (Å²) in [4.78, 5) is 0. The Bertz CT molecular complexity index is 253. The van der Waals surface area contributed by atoms with Gasteiger partial charge in [-0.15, -0.1) is 0 Å². The SMILES string of the molecule is CCCCCCC(C)OCC(CO)(NC(C)C)C1CC1. The van der Waals surface area contributed by atoms with E-state index in [2.05, 4.69) is 33.0 Å². The largest absolute Gasteiger partial charge is 0.394 e. The summed E-state index contributed by atoms with van der Waals surface area (Å²) in [5.41, 5.74) is -0.216. The van der Waals surface area contributed by atoms with Crippen molar-refractivity contribution in [2.75, 3.05) is 13.2 Å². The lowest BCUT2D eigenvalue weighted by molar-refractivity contribution is -0.0179. The Balaban J connectivity index is 2.34. The van der Waals surface area contributed by atoms with Gasteiger partial charge in [0, 0.05) is 6.04 Å². The normalized spacial score (nSPS) is 20.1. The minimum Gasteiger partial charge on any atom is -0.394 e. The molecule has 0 radical (unpaired) electrons. The Morgan fingerprint density at radius 3 is 2.40 bits per heavy atom. The summed E-state index contributed by atoms with van der Waals surface area (Å²) in [5, 5.41) is 13.4. The zero-order chi connectivity index (χ0) is 15.0. The minimum atomic E-state index is -0.216. The molecule has 1 fully saturated rings. The van der Waals surface area contributed by atoms with Crippen LogP contribution in [0.2, 0.25) is 0 Å². The van der Waals surface area contributed by atoms with Gasteiger partial charge < -0.3 is 15.2 Å². The van der Waals surface area contributed by atoms with Crippen LogP contribution in [-0.2, 0) is 4.74 Å². The van der Waals surface area contributed by atoms with E-state index in [1.807, 2.05) is 0 Å². The van der Waals surface area contributed by atoms with Crippen molar-refractivity contribution in [1.29, 1.82) is 0 Å². The van der Waals surface area contributed by atoms with Crippen LogP contribution in [0.1, 0.15) is 72.6 Å².